The Bertz CT molecular complexity index is 555. The number of carbonyl (C=O) groups is 1. The lowest BCUT2D eigenvalue weighted by Gasteiger charge is -1.92. The van der Waals surface area contributed by atoms with Crippen molar-refractivity contribution in [1.82, 2.24) is 9.38 Å². The van der Waals surface area contributed by atoms with Crippen LogP contribution in [0, 0.1) is 6.92 Å². The number of aromatic nitrogens is 2. The molecule has 0 amide bonds. The van der Waals surface area contributed by atoms with Crippen LogP contribution >= 0.6 is 11.3 Å². The third kappa shape index (κ3) is 1.63. The summed E-state index contributed by atoms with van der Waals surface area (Å²) < 4.78 is 14.6. The van der Waals surface area contributed by atoms with Crippen LogP contribution in [0.3, 0.4) is 0 Å². The number of aryl methyl sites for hydroxylation is 1. The summed E-state index contributed by atoms with van der Waals surface area (Å²) in [7, 11) is 0. The number of rotatable bonds is 2. The van der Waals surface area contributed by atoms with E-state index in [1.807, 2.05) is 0 Å². The summed E-state index contributed by atoms with van der Waals surface area (Å²) in [6.45, 7) is 1.71. The molecule has 6 heteroatoms. The van der Waals surface area contributed by atoms with E-state index in [2.05, 4.69) is 4.98 Å². The van der Waals surface area contributed by atoms with Crippen molar-refractivity contribution in [3.05, 3.63) is 28.8 Å². The van der Waals surface area contributed by atoms with E-state index in [4.69, 9.17) is 5.11 Å². The molecular formula is C9H7FN2O2S. The van der Waals surface area contributed by atoms with Crippen LogP contribution in [-0.2, 0) is 4.79 Å². The molecule has 0 atom stereocenters. The first-order valence-electron chi connectivity index (χ1n) is 4.12. The second kappa shape index (κ2) is 3.47. The monoisotopic (exact) mass is 226 g/mol. The SMILES string of the molecule is Cc1nc2sccn2c1/C=C(/F)C(=O)O. The number of carboxylic acids is 1. The third-order valence-corrected chi connectivity index (χ3v) is 2.71. The molecule has 0 saturated heterocycles. The lowest BCUT2D eigenvalue weighted by atomic mass is 10.3. The van der Waals surface area contributed by atoms with Gasteiger partial charge in [-0.25, -0.2) is 9.78 Å². The number of halogens is 1. The zero-order valence-corrected chi connectivity index (χ0v) is 8.58. The standard InChI is InChI=1S/C9H7FN2O2S/c1-5-7(4-6(10)8(13)14)12-2-3-15-9(12)11-5/h2-4H,1H3,(H,13,14)/b6-4+. The summed E-state index contributed by atoms with van der Waals surface area (Å²) in [5.41, 5.74) is 1.07. The molecule has 2 aromatic heterocycles. The van der Waals surface area contributed by atoms with Crippen LogP contribution in [0.2, 0.25) is 0 Å². The third-order valence-electron chi connectivity index (χ3n) is 1.95. The number of nitrogens with zero attached hydrogens (tertiary/aromatic N) is 2. The fraction of sp³-hybridized carbons (Fsp3) is 0.111. The Morgan fingerprint density at radius 1 is 1.73 bits per heavy atom. The van der Waals surface area contributed by atoms with E-state index in [9.17, 15) is 9.18 Å². The first-order chi connectivity index (χ1) is 7.09. The normalized spacial score (nSPS) is 12.3. The van der Waals surface area contributed by atoms with Gasteiger partial charge in [0.05, 0.1) is 11.4 Å². The van der Waals surface area contributed by atoms with Crippen molar-refractivity contribution >= 4 is 28.3 Å². The lowest BCUT2D eigenvalue weighted by molar-refractivity contribution is -0.134. The highest BCUT2D eigenvalue weighted by molar-refractivity contribution is 7.15. The molecule has 78 valence electrons. The van der Waals surface area contributed by atoms with Crippen molar-refractivity contribution in [1.29, 1.82) is 0 Å². The van der Waals surface area contributed by atoms with Gasteiger partial charge in [0.2, 0.25) is 5.83 Å². The lowest BCUT2D eigenvalue weighted by Crippen LogP contribution is -1.95. The molecule has 0 saturated carbocycles. The van der Waals surface area contributed by atoms with Gasteiger partial charge in [-0.15, -0.1) is 11.3 Å². The van der Waals surface area contributed by atoms with Crippen LogP contribution in [0.15, 0.2) is 17.4 Å². The quantitative estimate of drug-likeness (QED) is 0.798. The Labute approximate surface area is 88.3 Å². The number of imidazole rings is 1. The Hall–Kier alpha value is -1.69. The summed E-state index contributed by atoms with van der Waals surface area (Å²) in [5, 5.41) is 10.2. The second-order valence-electron chi connectivity index (χ2n) is 2.94. The Kier molecular flexibility index (Phi) is 2.28. The predicted octanol–water partition coefficient (Wildman–Crippen LogP) is 2.10. The smallest absolute Gasteiger partial charge is 0.364 e. The Morgan fingerprint density at radius 3 is 3.13 bits per heavy atom. The average Bonchev–Trinajstić information content (AvgIpc) is 2.69. The van der Waals surface area contributed by atoms with E-state index >= 15 is 0 Å². The molecule has 0 aromatic carbocycles. The molecule has 2 aromatic rings. The molecular weight excluding hydrogens is 219 g/mol. The van der Waals surface area contributed by atoms with Gasteiger partial charge < -0.3 is 5.11 Å². The second-order valence-corrected chi connectivity index (χ2v) is 3.81. The van der Waals surface area contributed by atoms with Gasteiger partial charge >= 0.3 is 5.97 Å². The highest BCUT2D eigenvalue weighted by atomic mass is 32.1. The maximum Gasteiger partial charge on any atom is 0.364 e. The van der Waals surface area contributed by atoms with Gasteiger partial charge in [-0.3, -0.25) is 4.40 Å². The Morgan fingerprint density at radius 2 is 2.47 bits per heavy atom. The van der Waals surface area contributed by atoms with Crippen LogP contribution in [0.4, 0.5) is 4.39 Å². The minimum atomic E-state index is -1.57. The average molecular weight is 226 g/mol. The summed E-state index contributed by atoms with van der Waals surface area (Å²) in [6.07, 6.45) is 2.70. The molecule has 0 aliphatic carbocycles. The maximum absolute atomic E-state index is 12.9. The van der Waals surface area contributed by atoms with E-state index in [1.54, 1.807) is 22.9 Å². The van der Waals surface area contributed by atoms with Crippen LogP contribution in [0.1, 0.15) is 11.4 Å². The summed E-state index contributed by atoms with van der Waals surface area (Å²) in [5.74, 6) is -2.76. The summed E-state index contributed by atoms with van der Waals surface area (Å²) in [4.78, 5) is 15.2. The number of hydrogen-bond donors (Lipinski definition) is 1. The molecule has 0 fully saturated rings. The van der Waals surface area contributed by atoms with Crippen molar-refractivity contribution in [2.75, 3.05) is 0 Å². The summed E-state index contributed by atoms with van der Waals surface area (Å²) in [6, 6.07) is 0. The minimum absolute atomic E-state index is 0.464. The van der Waals surface area contributed by atoms with Crippen molar-refractivity contribution in [2.45, 2.75) is 6.92 Å². The first kappa shape index (κ1) is 9.85. The van der Waals surface area contributed by atoms with E-state index in [0.717, 1.165) is 11.0 Å². The molecule has 4 nitrogen and oxygen atoms in total. The van der Waals surface area contributed by atoms with E-state index < -0.39 is 11.8 Å². The first-order valence-corrected chi connectivity index (χ1v) is 5.00. The van der Waals surface area contributed by atoms with Crippen LogP contribution < -0.4 is 0 Å². The van der Waals surface area contributed by atoms with Crippen molar-refractivity contribution in [2.24, 2.45) is 0 Å². The predicted molar refractivity (Wildman–Crippen MR) is 54.5 cm³/mol. The molecule has 0 bridgehead atoms. The van der Waals surface area contributed by atoms with Gasteiger partial charge in [0.25, 0.3) is 0 Å². The number of carboxylic acid groups (broad SMARTS) is 1. The van der Waals surface area contributed by atoms with Gasteiger partial charge in [0.15, 0.2) is 4.96 Å². The number of aliphatic carboxylic acids is 1. The maximum atomic E-state index is 12.9. The molecule has 0 spiro atoms. The highest BCUT2D eigenvalue weighted by Crippen LogP contribution is 2.19. The topological polar surface area (TPSA) is 54.6 Å². The van der Waals surface area contributed by atoms with Crippen LogP contribution in [0.25, 0.3) is 11.0 Å². The van der Waals surface area contributed by atoms with Crippen molar-refractivity contribution < 1.29 is 14.3 Å². The van der Waals surface area contributed by atoms with Gasteiger partial charge in [0.1, 0.15) is 0 Å². The van der Waals surface area contributed by atoms with E-state index in [1.165, 1.54) is 11.3 Å². The zero-order chi connectivity index (χ0) is 11.0. The van der Waals surface area contributed by atoms with Crippen molar-refractivity contribution in [3.8, 4) is 0 Å². The molecule has 0 radical (unpaired) electrons. The van der Waals surface area contributed by atoms with Gasteiger partial charge in [0, 0.05) is 17.7 Å². The molecule has 0 unspecified atom stereocenters. The highest BCUT2D eigenvalue weighted by Gasteiger charge is 2.11. The number of thiazole rings is 1. The molecule has 15 heavy (non-hydrogen) atoms. The largest absolute Gasteiger partial charge is 0.476 e. The molecule has 1 N–H and O–H groups in total. The fourth-order valence-corrected chi connectivity index (χ4v) is 2.03. The van der Waals surface area contributed by atoms with Gasteiger partial charge in [-0.1, -0.05) is 0 Å². The zero-order valence-electron chi connectivity index (χ0n) is 7.77. The molecule has 0 aliphatic rings. The molecule has 2 heterocycles. The van der Waals surface area contributed by atoms with Crippen molar-refractivity contribution in [3.63, 3.8) is 0 Å². The van der Waals surface area contributed by atoms with Gasteiger partial charge in [-0.05, 0) is 6.92 Å². The fourth-order valence-electron chi connectivity index (χ4n) is 1.27. The molecule has 2 rings (SSSR count). The van der Waals surface area contributed by atoms with Crippen LogP contribution in [0.5, 0.6) is 0 Å². The van der Waals surface area contributed by atoms with Crippen LogP contribution in [-0.4, -0.2) is 20.5 Å². The number of hydrogen-bond acceptors (Lipinski definition) is 3. The van der Waals surface area contributed by atoms with E-state index in [0.29, 0.717) is 11.4 Å². The van der Waals surface area contributed by atoms with E-state index in [-0.39, 0.29) is 0 Å². The molecule has 0 aliphatic heterocycles. The Balaban J connectivity index is 2.60. The number of fused-ring (bicyclic) bond motifs is 1. The van der Waals surface area contributed by atoms with Gasteiger partial charge in [-0.2, -0.15) is 4.39 Å². The summed E-state index contributed by atoms with van der Waals surface area (Å²) >= 11 is 1.41. The minimum Gasteiger partial charge on any atom is -0.476 e.